The van der Waals surface area contributed by atoms with E-state index in [1.165, 1.54) is 12.1 Å². The van der Waals surface area contributed by atoms with Gasteiger partial charge < -0.3 is 0 Å². The van der Waals surface area contributed by atoms with Gasteiger partial charge in [-0.15, -0.1) is 0 Å². The second kappa shape index (κ2) is 4.39. The molecule has 84 valence electrons. The van der Waals surface area contributed by atoms with Gasteiger partial charge in [0.05, 0.1) is 5.69 Å². The van der Waals surface area contributed by atoms with Crippen molar-refractivity contribution in [2.75, 3.05) is 4.31 Å². The van der Waals surface area contributed by atoms with Crippen LogP contribution in [0.2, 0.25) is 0 Å². The van der Waals surface area contributed by atoms with Crippen LogP contribution >= 0.6 is 23.2 Å². The van der Waals surface area contributed by atoms with Crippen molar-refractivity contribution in [2.45, 2.75) is 4.71 Å². The summed E-state index contributed by atoms with van der Waals surface area (Å²) in [5.74, 6) is 0. The summed E-state index contributed by atoms with van der Waals surface area (Å²) in [6, 6.07) is 7.74. The maximum absolute atomic E-state index is 13.4. The molecule has 0 saturated heterocycles. The molecule has 0 bridgehead atoms. The lowest BCUT2D eigenvalue weighted by Gasteiger charge is -2.28. The second-order valence-corrected chi connectivity index (χ2v) is 6.64. The molecule has 0 saturated carbocycles. The van der Waals surface area contributed by atoms with Crippen molar-refractivity contribution >= 4 is 48.9 Å². The van der Waals surface area contributed by atoms with E-state index in [-0.39, 0.29) is 5.69 Å². The maximum Gasteiger partial charge on any atom is 0.349 e. The van der Waals surface area contributed by atoms with E-state index < -0.39 is 13.6 Å². The van der Waals surface area contributed by atoms with Crippen molar-refractivity contribution in [3.05, 3.63) is 30.3 Å². The summed E-state index contributed by atoms with van der Waals surface area (Å²) in [4.78, 5) is 0. The van der Waals surface area contributed by atoms with Crippen molar-refractivity contribution in [3.63, 3.8) is 0 Å². The third kappa shape index (κ3) is 3.42. The molecule has 1 atom stereocenters. The van der Waals surface area contributed by atoms with E-state index >= 15 is 0 Å². The molecular weight excluding hydrogens is 282 g/mol. The fraction of sp³-hybridized carbons (Fsp3) is 0.143. The molecule has 0 heterocycles. The fourth-order valence-electron chi connectivity index (χ4n) is 1.00. The minimum absolute atomic E-state index is 0.146. The van der Waals surface area contributed by atoms with Crippen molar-refractivity contribution in [2.24, 2.45) is 5.14 Å². The molecular formula is C7H7Cl2FN2OS2. The molecule has 1 unspecified atom stereocenters. The smallest absolute Gasteiger partial charge is 0.234 e. The molecule has 1 aromatic carbocycles. The van der Waals surface area contributed by atoms with Crippen LogP contribution in [0, 0.1) is 0 Å². The van der Waals surface area contributed by atoms with Gasteiger partial charge in [0, 0.05) is 11.2 Å². The summed E-state index contributed by atoms with van der Waals surface area (Å²) in [7, 11) is -3.55. The lowest BCUT2D eigenvalue weighted by atomic mass is 10.3. The number of benzene rings is 1. The van der Waals surface area contributed by atoms with Crippen LogP contribution in [0.3, 0.4) is 0 Å². The van der Waals surface area contributed by atoms with Gasteiger partial charge >= 0.3 is 4.71 Å². The summed E-state index contributed by atoms with van der Waals surface area (Å²) < 4.78 is 22.3. The van der Waals surface area contributed by atoms with Crippen LogP contribution in [-0.4, -0.2) is 8.92 Å². The first kappa shape index (κ1) is 12.9. The van der Waals surface area contributed by atoms with Gasteiger partial charge in [0.15, 0.2) is 8.86 Å². The maximum atomic E-state index is 13.4. The molecule has 0 aliphatic carbocycles. The molecule has 0 spiro atoms. The number of alkyl halides is 3. The lowest BCUT2D eigenvalue weighted by molar-refractivity contribution is 0.409. The van der Waals surface area contributed by atoms with Crippen LogP contribution in [0.1, 0.15) is 0 Å². The molecule has 15 heavy (non-hydrogen) atoms. The fourth-order valence-corrected chi connectivity index (χ4v) is 3.33. The van der Waals surface area contributed by atoms with Gasteiger partial charge in [-0.1, -0.05) is 18.2 Å². The Morgan fingerprint density at radius 2 is 1.87 bits per heavy atom. The average Bonchev–Trinajstić information content (AvgIpc) is 2.00. The van der Waals surface area contributed by atoms with Gasteiger partial charge in [-0.2, -0.15) is 4.39 Å². The molecule has 3 nitrogen and oxygen atoms in total. The van der Waals surface area contributed by atoms with E-state index in [9.17, 15) is 8.60 Å². The number of nitrogens with two attached hydrogens (primary N) is 1. The molecule has 1 rings (SSSR count). The van der Waals surface area contributed by atoms with Crippen molar-refractivity contribution in [1.82, 2.24) is 0 Å². The minimum Gasteiger partial charge on any atom is -0.234 e. The second-order valence-electron chi connectivity index (χ2n) is 2.61. The number of anilines is 1. The Bertz CT molecular complexity index is 432. The Morgan fingerprint density at radius 3 is 2.20 bits per heavy atom. The molecule has 1 aromatic rings. The molecule has 0 radical (unpaired) electrons. The van der Waals surface area contributed by atoms with E-state index in [4.69, 9.17) is 28.3 Å². The predicted molar refractivity (Wildman–Crippen MR) is 64.2 cm³/mol. The zero-order valence-electron chi connectivity index (χ0n) is 7.27. The standard InChI is InChI=1S/C7H7Cl2FN2OS2/c8-7(9,10)12(15(11,13)14)6-4-2-1-3-5-6/h1-5H,(H2,11,13,14). The first-order valence-electron chi connectivity index (χ1n) is 3.68. The molecule has 8 heteroatoms. The monoisotopic (exact) mass is 288 g/mol. The van der Waals surface area contributed by atoms with Crippen LogP contribution in [0.4, 0.5) is 10.1 Å². The summed E-state index contributed by atoms with van der Waals surface area (Å²) in [6.45, 7) is 0. The molecule has 2 N–H and O–H groups in total. The van der Waals surface area contributed by atoms with Crippen LogP contribution < -0.4 is 9.44 Å². The highest BCUT2D eigenvalue weighted by atomic mass is 35.5. The molecule has 0 fully saturated rings. The summed E-state index contributed by atoms with van der Waals surface area (Å²) in [5.41, 5.74) is 0.146. The number of nitrogens with zero attached hydrogens (tertiary/aromatic N) is 1. The Labute approximate surface area is 102 Å². The van der Waals surface area contributed by atoms with Crippen molar-refractivity contribution < 1.29 is 8.60 Å². The number of halogens is 3. The lowest BCUT2D eigenvalue weighted by Crippen LogP contribution is -2.44. The third-order valence-corrected chi connectivity index (χ3v) is 3.43. The Morgan fingerprint density at radius 1 is 1.40 bits per heavy atom. The first-order chi connectivity index (χ1) is 6.73. The van der Waals surface area contributed by atoms with E-state index in [2.05, 4.69) is 11.2 Å². The molecule has 0 aromatic heterocycles. The zero-order chi connectivity index (χ0) is 11.7. The van der Waals surface area contributed by atoms with E-state index in [1.807, 2.05) is 0 Å². The van der Waals surface area contributed by atoms with Crippen LogP contribution in [0.15, 0.2) is 30.3 Å². The van der Waals surface area contributed by atoms with Gasteiger partial charge in [0.1, 0.15) is 0 Å². The highest BCUT2D eigenvalue weighted by Crippen LogP contribution is 2.34. The van der Waals surface area contributed by atoms with E-state index in [1.54, 1.807) is 18.2 Å². The van der Waals surface area contributed by atoms with Gasteiger partial charge in [0.25, 0.3) is 0 Å². The average molecular weight is 289 g/mol. The third-order valence-electron chi connectivity index (χ3n) is 1.48. The van der Waals surface area contributed by atoms with Gasteiger partial charge in [-0.25, -0.2) is 13.7 Å². The van der Waals surface area contributed by atoms with Gasteiger partial charge in [-0.3, -0.25) is 0 Å². The van der Waals surface area contributed by atoms with Crippen molar-refractivity contribution in [3.8, 4) is 0 Å². The highest BCUT2D eigenvalue weighted by Gasteiger charge is 2.37. The largest absolute Gasteiger partial charge is 0.349 e. The number of hydrogen-bond acceptors (Lipinski definition) is 2. The first-order valence-corrected chi connectivity index (χ1v) is 6.94. The predicted octanol–water partition coefficient (Wildman–Crippen LogP) is 2.09. The SMILES string of the molecule is NS(=O)(=S)N(c1ccccc1)C(F)(Cl)Cl. The topological polar surface area (TPSA) is 46.3 Å². The Hall–Kier alpha value is -0.140. The minimum atomic E-state index is -3.55. The van der Waals surface area contributed by atoms with Crippen molar-refractivity contribution in [1.29, 1.82) is 0 Å². The van der Waals surface area contributed by atoms with Crippen LogP contribution in [-0.2, 0) is 20.1 Å². The quantitative estimate of drug-likeness (QED) is 0.684. The van der Waals surface area contributed by atoms with E-state index in [0.29, 0.717) is 4.31 Å². The zero-order valence-corrected chi connectivity index (χ0v) is 10.4. The summed E-state index contributed by atoms with van der Waals surface area (Å²) in [5, 5.41) is 5.16. The number of rotatable bonds is 3. The van der Waals surface area contributed by atoms with Crippen LogP contribution in [0.25, 0.3) is 0 Å². The highest BCUT2D eigenvalue weighted by molar-refractivity contribution is 8.32. The van der Waals surface area contributed by atoms with Crippen LogP contribution in [0.5, 0.6) is 0 Å². The molecule has 0 amide bonds. The normalized spacial score (nSPS) is 15.7. The number of hydrogen-bond donors (Lipinski definition) is 1. The Kier molecular flexibility index (Phi) is 3.78. The van der Waals surface area contributed by atoms with E-state index in [0.717, 1.165) is 0 Å². The van der Waals surface area contributed by atoms with Gasteiger partial charge in [-0.05, 0) is 35.3 Å². The Balaban J connectivity index is 3.27. The summed E-state index contributed by atoms with van der Waals surface area (Å²) >= 11 is 14.9. The molecule has 0 aliphatic rings. The summed E-state index contributed by atoms with van der Waals surface area (Å²) in [6.07, 6.45) is 0. The van der Waals surface area contributed by atoms with Gasteiger partial charge in [0.2, 0.25) is 0 Å². The molecule has 0 aliphatic heterocycles. The number of para-hydroxylation sites is 1.